The van der Waals surface area contributed by atoms with Crippen LogP contribution in [-0.2, 0) is 9.59 Å². The normalized spacial score (nSPS) is 10.7. The maximum Gasteiger partial charge on any atom is 0.309 e. The Hall–Kier alpha value is -1.17. The summed E-state index contributed by atoms with van der Waals surface area (Å²) in [6.45, 7) is 6.70. The molecular formula is C10H19N3O2S. The minimum atomic E-state index is -0.707. The summed E-state index contributed by atoms with van der Waals surface area (Å²) in [5.74, 6) is -1.36. The molecular weight excluding hydrogens is 226 g/mol. The number of hydrogen-bond donors (Lipinski definition) is 3. The van der Waals surface area contributed by atoms with Crippen LogP contribution in [0.4, 0.5) is 0 Å². The monoisotopic (exact) mass is 245 g/mol. The summed E-state index contributed by atoms with van der Waals surface area (Å²) >= 11 is 4.57. The van der Waals surface area contributed by atoms with Crippen molar-refractivity contribution in [3.05, 3.63) is 0 Å². The van der Waals surface area contributed by atoms with Crippen LogP contribution >= 0.6 is 12.2 Å². The molecule has 0 fully saturated rings. The first-order chi connectivity index (χ1) is 7.22. The van der Waals surface area contributed by atoms with Gasteiger partial charge in [-0.25, -0.2) is 0 Å². The zero-order chi connectivity index (χ0) is 12.8. The van der Waals surface area contributed by atoms with Crippen LogP contribution in [-0.4, -0.2) is 29.9 Å². The number of nitrogens with two attached hydrogens (primary N) is 1. The van der Waals surface area contributed by atoms with Crippen LogP contribution < -0.4 is 16.4 Å². The summed E-state index contributed by atoms with van der Waals surface area (Å²) in [6.07, 6.45) is 0.807. The van der Waals surface area contributed by atoms with Crippen molar-refractivity contribution in [3.8, 4) is 0 Å². The van der Waals surface area contributed by atoms with E-state index in [2.05, 4.69) is 43.6 Å². The van der Waals surface area contributed by atoms with Gasteiger partial charge in [0.25, 0.3) is 0 Å². The van der Waals surface area contributed by atoms with E-state index in [1.54, 1.807) is 0 Å². The molecule has 0 spiro atoms. The molecule has 92 valence electrons. The lowest BCUT2D eigenvalue weighted by Crippen LogP contribution is -2.43. The molecule has 0 aromatic rings. The van der Waals surface area contributed by atoms with E-state index < -0.39 is 11.8 Å². The molecule has 0 aliphatic rings. The minimum absolute atomic E-state index is 0.0425. The number of carbonyl (C=O) groups excluding carboxylic acids is 2. The summed E-state index contributed by atoms with van der Waals surface area (Å²) in [6, 6.07) is 0. The molecule has 0 aliphatic carbocycles. The second kappa shape index (κ2) is 6.42. The fraction of sp³-hybridized carbons (Fsp3) is 0.700. The lowest BCUT2D eigenvalue weighted by atomic mass is 9.92. The molecule has 0 aromatic carbocycles. The summed E-state index contributed by atoms with van der Waals surface area (Å²) in [4.78, 5) is 22.5. The molecule has 16 heavy (non-hydrogen) atoms. The van der Waals surface area contributed by atoms with Crippen molar-refractivity contribution in [1.82, 2.24) is 10.6 Å². The van der Waals surface area contributed by atoms with Crippen molar-refractivity contribution < 1.29 is 9.59 Å². The first-order valence-corrected chi connectivity index (χ1v) is 5.47. The molecule has 6 heteroatoms. The van der Waals surface area contributed by atoms with Crippen LogP contribution in [0.2, 0.25) is 0 Å². The minimum Gasteiger partial charge on any atom is -0.392 e. The average Bonchev–Trinajstić information content (AvgIpc) is 2.11. The largest absolute Gasteiger partial charge is 0.392 e. The number of rotatable bonds is 4. The molecule has 0 aliphatic heterocycles. The Labute approximate surface area is 101 Å². The molecule has 0 rings (SSSR count). The molecule has 0 saturated carbocycles. The molecule has 0 heterocycles. The summed E-state index contributed by atoms with van der Waals surface area (Å²) in [5.41, 5.74) is 5.31. The summed E-state index contributed by atoms with van der Waals surface area (Å²) < 4.78 is 0. The van der Waals surface area contributed by atoms with Crippen LogP contribution in [0.1, 0.15) is 27.2 Å². The summed E-state index contributed by atoms with van der Waals surface area (Å²) in [7, 11) is 0. The van der Waals surface area contributed by atoms with E-state index in [-0.39, 0.29) is 16.9 Å². The molecule has 5 nitrogen and oxygen atoms in total. The molecule has 0 atom stereocenters. The smallest absolute Gasteiger partial charge is 0.309 e. The van der Waals surface area contributed by atoms with E-state index in [0.29, 0.717) is 6.54 Å². The number of hydrogen-bond acceptors (Lipinski definition) is 3. The first kappa shape index (κ1) is 14.8. The number of carbonyl (C=O) groups is 2. The van der Waals surface area contributed by atoms with Gasteiger partial charge in [0.1, 0.15) is 0 Å². The van der Waals surface area contributed by atoms with E-state index in [9.17, 15) is 9.59 Å². The Morgan fingerprint density at radius 1 is 1.19 bits per heavy atom. The van der Waals surface area contributed by atoms with Crippen molar-refractivity contribution in [3.63, 3.8) is 0 Å². The molecule has 0 aromatic heterocycles. The average molecular weight is 245 g/mol. The van der Waals surface area contributed by atoms with E-state index >= 15 is 0 Å². The first-order valence-electron chi connectivity index (χ1n) is 5.07. The van der Waals surface area contributed by atoms with E-state index in [1.807, 2.05) is 0 Å². The second-order valence-electron chi connectivity index (χ2n) is 4.72. The van der Waals surface area contributed by atoms with Crippen molar-refractivity contribution in [2.45, 2.75) is 27.2 Å². The zero-order valence-electron chi connectivity index (χ0n) is 9.92. The Bertz CT molecular complexity index is 284. The lowest BCUT2D eigenvalue weighted by molar-refractivity contribution is -0.139. The molecule has 0 bridgehead atoms. The van der Waals surface area contributed by atoms with Gasteiger partial charge in [0.2, 0.25) is 0 Å². The van der Waals surface area contributed by atoms with E-state index in [1.165, 1.54) is 0 Å². The number of thiocarbonyl (C=S) groups is 1. The third-order valence-corrected chi connectivity index (χ3v) is 1.93. The van der Waals surface area contributed by atoms with Gasteiger partial charge in [-0.05, 0) is 11.8 Å². The van der Waals surface area contributed by atoms with Gasteiger partial charge in [0.15, 0.2) is 0 Å². The summed E-state index contributed by atoms with van der Waals surface area (Å²) in [5, 5.41) is 4.84. The van der Waals surface area contributed by atoms with Gasteiger partial charge in [-0.2, -0.15) is 0 Å². The van der Waals surface area contributed by atoms with Crippen molar-refractivity contribution in [1.29, 1.82) is 0 Å². The number of amides is 2. The Morgan fingerprint density at radius 2 is 1.69 bits per heavy atom. The van der Waals surface area contributed by atoms with Crippen molar-refractivity contribution in [2.24, 2.45) is 11.1 Å². The third kappa shape index (κ3) is 8.16. The fourth-order valence-electron chi connectivity index (χ4n) is 0.879. The van der Waals surface area contributed by atoms with Gasteiger partial charge in [-0.1, -0.05) is 33.0 Å². The number of nitrogens with one attached hydrogen (secondary N) is 2. The van der Waals surface area contributed by atoms with Crippen LogP contribution in [0.5, 0.6) is 0 Å². The van der Waals surface area contributed by atoms with Gasteiger partial charge in [0, 0.05) is 6.54 Å². The van der Waals surface area contributed by atoms with E-state index in [4.69, 9.17) is 5.73 Å². The Morgan fingerprint density at radius 3 is 2.12 bits per heavy atom. The van der Waals surface area contributed by atoms with Crippen molar-refractivity contribution >= 4 is 29.0 Å². The topological polar surface area (TPSA) is 84.2 Å². The molecule has 0 unspecified atom stereocenters. The molecule has 0 saturated heterocycles. The maximum absolute atomic E-state index is 11.2. The van der Waals surface area contributed by atoms with Gasteiger partial charge < -0.3 is 16.4 Å². The highest BCUT2D eigenvalue weighted by Crippen LogP contribution is 2.16. The zero-order valence-corrected chi connectivity index (χ0v) is 10.7. The molecule has 0 radical (unpaired) electrons. The molecule has 2 amide bonds. The second-order valence-corrected chi connectivity index (χ2v) is 5.24. The Balaban J connectivity index is 3.80. The van der Waals surface area contributed by atoms with Crippen LogP contribution in [0, 0.1) is 5.41 Å². The maximum atomic E-state index is 11.2. The fourth-order valence-corrected chi connectivity index (χ4v) is 0.951. The van der Waals surface area contributed by atoms with Crippen LogP contribution in [0.25, 0.3) is 0 Å². The van der Waals surface area contributed by atoms with Gasteiger partial charge in [-0.15, -0.1) is 0 Å². The third-order valence-electron chi connectivity index (χ3n) is 1.79. The standard InChI is InChI=1S/C10H19N3O2S/c1-10(2,3)4-5-12-8(14)9(15)13-6-7(11)16/h4-6H2,1-3H3,(H2,11,16)(H,12,14)(H,13,15). The SMILES string of the molecule is CC(C)(C)CCNC(=O)C(=O)NCC(N)=S. The van der Waals surface area contributed by atoms with Gasteiger partial charge in [0.05, 0.1) is 11.5 Å². The quantitative estimate of drug-likeness (QED) is 0.478. The van der Waals surface area contributed by atoms with Gasteiger partial charge in [-0.3, -0.25) is 9.59 Å². The predicted molar refractivity (Wildman–Crippen MR) is 66.9 cm³/mol. The lowest BCUT2D eigenvalue weighted by Gasteiger charge is -2.17. The van der Waals surface area contributed by atoms with E-state index in [0.717, 1.165) is 6.42 Å². The van der Waals surface area contributed by atoms with Crippen LogP contribution in [0.3, 0.4) is 0 Å². The highest BCUT2D eigenvalue weighted by Gasteiger charge is 2.14. The highest BCUT2D eigenvalue weighted by atomic mass is 32.1. The Kier molecular flexibility index (Phi) is 5.95. The predicted octanol–water partition coefficient (Wildman–Crippen LogP) is -0.0589. The van der Waals surface area contributed by atoms with Crippen LogP contribution in [0.15, 0.2) is 0 Å². The van der Waals surface area contributed by atoms with Crippen molar-refractivity contribution in [2.75, 3.05) is 13.1 Å². The highest BCUT2D eigenvalue weighted by molar-refractivity contribution is 7.80. The molecule has 4 N–H and O–H groups in total. The van der Waals surface area contributed by atoms with Gasteiger partial charge >= 0.3 is 11.8 Å².